The van der Waals surface area contributed by atoms with Crippen LogP contribution in [0.1, 0.15) is 5.56 Å². The normalized spacial score (nSPS) is 12.6. The number of hydrogen-bond acceptors (Lipinski definition) is 5. The smallest absolute Gasteiger partial charge is 0.321 e. The van der Waals surface area contributed by atoms with Gasteiger partial charge in [0.2, 0.25) is 0 Å². The van der Waals surface area contributed by atoms with Gasteiger partial charge in [-0.2, -0.15) is 4.98 Å². The summed E-state index contributed by atoms with van der Waals surface area (Å²) in [5, 5.41) is 0.416. The first-order valence-corrected chi connectivity index (χ1v) is 8.92. The lowest BCUT2D eigenvalue weighted by atomic mass is 10.3. The Morgan fingerprint density at radius 2 is 2.00 bits per heavy atom. The second-order valence-corrected chi connectivity index (χ2v) is 6.81. The molecule has 0 aliphatic heterocycles. The third kappa shape index (κ3) is 2.79. The molecular formula is C17H16N4O3S. The fourth-order valence-corrected chi connectivity index (χ4v) is 3.82. The molecule has 7 nitrogen and oxygen atoms in total. The highest BCUT2D eigenvalue weighted by Gasteiger charge is 2.20. The van der Waals surface area contributed by atoms with Crippen LogP contribution in [0.5, 0.6) is 11.5 Å². The number of H-pyrrole nitrogens is 1. The molecule has 0 aliphatic carbocycles. The number of aromatic nitrogens is 4. The standard InChI is InChI=1S/C17H16N4O3S/c1-23-14-8-12-13(9-15(14)24-2)20-17(19-12)25(22)10-11-4-3-6-21-7-5-18-16(11)21/h3-9H,10H2,1-2H3,(H,19,20). The largest absolute Gasteiger partial charge is 0.609 e. The van der Waals surface area contributed by atoms with E-state index in [9.17, 15) is 4.55 Å². The van der Waals surface area contributed by atoms with Crippen LogP contribution in [-0.2, 0) is 16.9 Å². The molecular weight excluding hydrogens is 340 g/mol. The molecule has 0 saturated carbocycles. The molecule has 0 saturated heterocycles. The minimum absolute atomic E-state index is 0.329. The van der Waals surface area contributed by atoms with Crippen molar-refractivity contribution >= 4 is 27.9 Å². The maximum atomic E-state index is 12.8. The SMILES string of the molecule is COc1cc2nc([S+]([O-])Cc3cccn4ccnc34)[nH]c2cc1OC. The second-order valence-electron chi connectivity index (χ2n) is 5.45. The Balaban J connectivity index is 1.68. The van der Waals surface area contributed by atoms with Gasteiger partial charge in [-0.1, -0.05) is 0 Å². The molecule has 1 N–H and O–H groups in total. The molecule has 0 bridgehead atoms. The highest BCUT2D eigenvalue weighted by molar-refractivity contribution is 7.90. The number of hydrogen-bond donors (Lipinski definition) is 1. The molecule has 0 spiro atoms. The third-order valence-corrected chi connectivity index (χ3v) is 5.17. The Kier molecular flexibility index (Phi) is 3.98. The van der Waals surface area contributed by atoms with E-state index in [0.29, 0.717) is 27.9 Å². The quantitative estimate of drug-likeness (QED) is 0.555. The van der Waals surface area contributed by atoms with E-state index in [1.165, 1.54) is 0 Å². The maximum Gasteiger partial charge on any atom is 0.321 e. The van der Waals surface area contributed by atoms with Gasteiger partial charge in [0.15, 0.2) is 11.5 Å². The predicted molar refractivity (Wildman–Crippen MR) is 94.5 cm³/mol. The molecule has 1 unspecified atom stereocenters. The summed E-state index contributed by atoms with van der Waals surface area (Å²) < 4.78 is 25.3. The van der Waals surface area contributed by atoms with Crippen LogP contribution < -0.4 is 9.47 Å². The van der Waals surface area contributed by atoms with E-state index in [1.54, 1.807) is 32.5 Å². The summed E-state index contributed by atoms with van der Waals surface area (Å²) in [6.07, 6.45) is 5.50. The zero-order chi connectivity index (χ0) is 17.4. The van der Waals surface area contributed by atoms with Crippen molar-refractivity contribution in [2.75, 3.05) is 14.2 Å². The molecule has 0 aliphatic rings. The number of imidazole rings is 2. The van der Waals surface area contributed by atoms with E-state index in [2.05, 4.69) is 15.0 Å². The number of rotatable bonds is 5. The van der Waals surface area contributed by atoms with Crippen molar-refractivity contribution in [3.05, 3.63) is 48.4 Å². The van der Waals surface area contributed by atoms with Crippen molar-refractivity contribution in [2.45, 2.75) is 10.9 Å². The summed E-state index contributed by atoms with van der Waals surface area (Å²) in [4.78, 5) is 11.9. The molecule has 0 fully saturated rings. The topological polar surface area (TPSA) is 87.5 Å². The number of benzene rings is 1. The van der Waals surface area contributed by atoms with Crippen LogP contribution in [0.15, 0.2) is 48.0 Å². The molecule has 25 heavy (non-hydrogen) atoms. The number of methoxy groups -OCH3 is 2. The number of nitrogens with zero attached hydrogens (tertiary/aromatic N) is 3. The number of fused-ring (bicyclic) bond motifs is 2. The summed E-state index contributed by atoms with van der Waals surface area (Å²) in [5.74, 6) is 1.51. The highest BCUT2D eigenvalue weighted by Crippen LogP contribution is 2.32. The lowest BCUT2D eigenvalue weighted by molar-refractivity contribution is 0.356. The van der Waals surface area contributed by atoms with Gasteiger partial charge in [-0.05, 0) is 12.1 Å². The first kappa shape index (κ1) is 15.8. The van der Waals surface area contributed by atoms with E-state index in [-0.39, 0.29) is 0 Å². The summed E-state index contributed by atoms with van der Waals surface area (Å²) in [6, 6.07) is 7.39. The molecule has 4 aromatic rings. The molecule has 0 radical (unpaired) electrons. The minimum atomic E-state index is -1.33. The van der Waals surface area contributed by atoms with E-state index in [1.807, 2.05) is 28.9 Å². The molecule has 4 rings (SSSR count). The van der Waals surface area contributed by atoms with Gasteiger partial charge < -0.3 is 18.4 Å². The van der Waals surface area contributed by atoms with E-state index >= 15 is 0 Å². The molecule has 128 valence electrons. The van der Waals surface area contributed by atoms with Crippen LogP contribution in [0.2, 0.25) is 0 Å². The molecule has 3 heterocycles. The fraction of sp³-hybridized carbons (Fsp3) is 0.176. The van der Waals surface area contributed by atoms with Crippen molar-refractivity contribution < 1.29 is 14.0 Å². The first-order chi connectivity index (χ1) is 12.2. The van der Waals surface area contributed by atoms with E-state index < -0.39 is 11.2 Å². The Morgan fingerprint density at radius 3 is 2.80 bits per heavy atom. The lowest BCUT2D eigenvalue weighted by Gasteiger charge is -2.07. The van der Waals surface area contributed by atoms with Crippen LogP contribution >= 0.6 is 0 Å². The average Bonchev–Trinajstić information content (AvgIpc) is 3.27. The second kappa shape index (κ2) is 6.30. The third-order valence-electron chi connectivity index (χ3n) is 3.97. The summed E-state index contributed by atoms with van der Waals surface area (Å²) >= 11 is -1.33. The Labute approximate surface area is 146 Å². The summed E-state index contributed by atoms with van der Waals surface area (Å²) in [7, 11) is 3.14. The zero-order valence-electron chi connectivity index (χ0n) is 13.7. The minimum Gasteiger partial charge on any atom is -0.609 e. The fourth-order valence-electron chi connectivity index (χ4n) is 2.75. The van der Waals surface area contributed by atoms with Crippen LogP contribution in [0.25, 0.3) is 16.7 Å². The van der Waals surface area contributed by atoms with Crippen LogP contribution in [0.4, 0.5) is 0 Å². The van der Waals surface area contributed by atoms with Gasteiger partial charge >= 0.3 is 5.16 Å². The maximum absolute atomic E-state index is 12.8. The van der Waals surface area contributed by atoms with E-state index in [4.69, 9.17) is 9.47 Å². The number of ether oxygens (including phenoxy) is 2. The van der Waals surface area contributed by atoms with Crippen molar-refractivity contribution in [1.82, 2.24) is 19.4 Å². The highest BCUT2D eigenvalue weighted by atomic mass is 32.2. The Hall–Kier alpha value is -2.71. The summed E-state index contributed by atoms with van der Waals surface area (Å²) in [6.45, 7) is 0. The van der Waals surface area contributed by atoms with Gasteiger partial charge in [-0.3, -0.25) is 4.98 Å². The first-order valence-electron chi connectivity index (χ1n) is 7.60. The van der Waals surface area contributed by atoms with Crippen LogP contribution in [-0.4, -0.2) is 38.1 Å². The van der Waals surface area contributed by atoms with Crippen molar-refractivity contribution in [3.63, 3.8) is 0 Å². The van der Waals surface area contributed by atoms with E-state index in [0.717, 1.165) is 16.7 Å². The molecule has 8 heteroatoms. The number of aromatic amines is 1. The van der Waals surface area contributed by atoms with Gasteiger partial charge in [-0.25, -0.2) is 4.98 Å². The molecule has 1 atom stereocenters. The van der Waals surface area contributed by atoms with Gasteiger partial charge in [0.25, 0.3) is 0 Å². The number of nitrogens with one attached hydrogen (secondary N) is 1. The summed E-state index contributed by atoms with van der Waals surface area (Å²) in [5.41, 5.74) is 3.14. The molecule has 1 aromatic carbocycles. The van der Waals surface area contributed by atoms with Crippen molar-refractivity contribution in [3.8, 4) is 11.5 Å². The Bertz CT molecular complexity index is 1000. The average molecular weight is 356 g/mol. The monoisotopic (exact) mass is 356 g/mol. The predicted octanol–water partition coefficient (Wildman–Crippen LogP) is 2.54. The van der Waals surface area contributed by atoms with Crippen molar-refractivity contribution in [2.24, 2.45) is 0 Å². The Morgan fingerprint density at radius 1 is 1.20 bits per heavy atom. The van der Waals surface area contributed by atoms with Gasteiger partial charge in [-0.15, -0.1) is 0 Å². The van der Waals surface area contributed by atoms with Crippen LogP contribution in [0, 0.1) is 0 Å². The molecule has 3 aromatic heterocycles. The zero-order valence-corrected chi connectivity index (χ0v) is 14.5. The lowest BCUT2D eigenvalue weighted by Crippen LogP contribution is -2.08. The van der Waals surface area contributed by atoms with Gasteiger partial charge in [0.05, 0.1) is 25.3 Å². The van der Waals surface area contributed by atoms with Gasteiger partial charge in [0, 0.05) is 47.5 Å². The van der Waals surface area contributed by atoms with Gasteiger partial charge in [0.1, 0.15) is 11.4 Å². The molecule has 0 amide bonds. The number of pyridine rings is 1. The van der Waals surface area contributed by atoms with Crippen molar-refractivity contribution in [1.29, 1.82) is 0 Å². The van der Waals surface area contributed by atoms with Crippen LogP contribution in [0.3, 0.4) is 0 Å².